The quantitative estimate of drug-likeness (QED) is 0.455. The van der Waals surface area contributed by atoms with Crippen molar-refractivity contribution in [2.24, 2.45) is 0 Å². The molecule has 0 bridgehead atoms. The van der Waals surface area contributed by atoms with Gasteiger partial charge < -0.3 is 0 Å². The summed E-state index contributed by atoms with van der Waals surface area (Å²) < 4.78 is 0. The van der Waals surface area contributed by atoms with E-state index in [1.165, 1.54) is 0 Å². The first-order valence-corrected chi connectivity index (χ1v) is 0. The molecule has 5 heavy (non-hydrogen) atoms. The van der Waals surface area contributed by atoms with Crippen LogP contribution in [0.1, 0.15) is 0 Å². The average Bonchev–Trinajstić information content (AvgIpc) is 0. The fourth-order valence-electron chi connectivity index (χ4n) is 0. The van der Waals surface area contributed by atoms with Gasteiger partial charge in [0.1, 0.15) is 0 Å². The zero-order chi connectivity index (χ0) is 0. The van der Waals surface area contributed by atoms with Gasteiger partial charge in [-0.1, -0.05) is 0 Å². The predicted molar refractivity (Wildman–Crippen MR) is 17.3 cm³/mol. The molecule has 0 aromatic carbocycles. The van der Waals surface area contributed by atoms with Crippen LogP contribution < -0.4 is 0 Å². The van der Waals surface area contributed by atoms with Crippen LogP contribution in [0, 0.1) is 40.8 Å². The Morgan fingerprint density at radius 2 is 1.00 bits per heavy atom. The molecule has 0 amide bonds. The number of hydrogen-bond donors (Lipinski definition) is 0. The Morgan fingerprint density at radius 3 is 1.00 bits per heavy atom. The molecule has 0 aromatic heterocycles. The maximum atomic E-state index is 0. The smallest absolute Gasteiger partial charge is 0 e. The fourth-order valence-corrected chi connectivity index (χ4v) is 0. The van der Waals surface area contributed by atoms with Gasteiger partial charge in [-0.2, -0.15) is 0 Å². The minimum Gasteiger partial charge on any atom is 0 e. The van der Waals surface area contributed by atoms with E-state index in [0.29, 0.717) is 0 Å². The standard InChI is InChI=1S/B.Fe.Ga.In.Nd. The predicted octanol–water partition coefficient (Wildman–Crippen LogP) is -1.14. The molecule has 21 valence electrons. The van der Waals surface area contributed by atoms with Crippen LogP contribution in [0.2, 0.25) is 0 Å². The molecule has 0 atom stereocenters. The molecule has 0 N–H and O–H groups in total. The molecule has 0 spiro atoms. The molecule has 0 rings (SSSR count). The topological polar surface area (TPSA) is 0 Å². The number of hydrogen-bond acceptors (Lipinski definition) is 0. The van der Waals surface area contributed by atoms with Crippen molar-refractivity contribution in [3.63, 3.8) is 0 Å². The second-order valence-electron chi connectivity index (χ2n) is 0. The fraction of sp³-hybridized carbons (Fsp3) is 0. The molecule has 0 nitrogen and oxygen atoms in total. The summed E-state index contributed by atoms with van der Waals surface area (Å²) in [7, 11) is 0. The zero-order valence-corrected chi connectivity index (χ0v) is 12.6. The Bertz CT molecular complexity index is 11.6. The Labute approximate surface area is 109 Å². The van der Waals surface area contributed by atoms with Gasteiger partial charge >= 0.3 is 0 Å². The second kappa shape index (κ2) is 26.1. The summed E-state index contributed by atoms with van der Waals surface area (Å²) in [4.78, 5) is 0. The monoisotopic (exact) mass is 393 g/mol. The molecule has 0 aliphatic rings. The summed E-state index contributed by atoms with van der Waals surface area (Å²) in [5.41, 5.74) is 0. The van der Waals surface area contributed by atoms with Gasteiger partial charge in [-0.05, 0) is 0 Å². The molecule has 0 heterocycles. The minimum atomic E-state index is 0. The van der Waals surface area contributed by atoms with Gasteiger partial charge in [0.25, 0.3) is 0 Å². The average molecular weight is 395 g/mol. The van der Waals surface area contributed by atoms with Crippen molar-refractivity contribution in [2.45, 2.75) is 0 Å². The third kappa shape index (κ3) is 18.6. The molecule has 0 aliphatic heterocycles. The first-order valence-electron chi connectivity index (χ1n) is 0. The zero-order valence-electron chi connectivity index (χ0n) is 2.59. The maximum absolute atomic E-state index is 0. The van der Waals surface area contributed by atoms with E-state index < -0.39 is 0 Å². The van der Waals surface area contributed by atoms with Gasteiger partial charge in [0.15, 0.2) is 0 Å². The van der Waals surface area contributed by atoms with E-state index in [9.17, 15) is 0 Å². The van der Waals surface area contributed by atoms with Crippen LogP contribution in [0.25, 0.3) is 0 Å². The maximum Gasteiger partial charge on any atom is 0 e. The summed E-state index contributed by atoms with van der Waals surface area (Å²) >= 11 is 0. The van der Waals surface area contributed by atoms with Gasteiger partial charge in [0, 0.05) is 112 Å². The normalized spacial score (nSPS) is 0. The molecule has 0 saturated heterocycles. The third-order valence-electron chi connectivity index (χ3n) is 0. The number of rotatable bonds is 0. The van der Waals surface area contributed by atoms with E-state index in [-0.39, 0.29) is 112 Å². The van der Waals surface area contributed by atoms with Gasteiger partial charge in [-0.15, -0.1) is 0 Å². The van der Waals surface area contributed by atoms with Crippen molar-refractivity contribution in [3.05, 3.63) is 0 Å². The van der Waals surface area contributed by atoms with E-state index in [1.54, 1.807) is 0 Å². The third-order valence-corrected chi connectivity index (χ3v) is 0. The molecule has 9 radical (unpaired) electrons. The van der Waals surface area contributed by atoms with E-state index in [0.717, 1.165) is 0 Å². The molecule has 0 aromatic rings. The van der Waals surface area contributed by atoms with Crippen molar-refractivity contribution >= 4 is 54.0 Å². The SMILES string of the molecule is [B].[Fe].[Ga].[In].[Nd]. The first kappa shape index (κ1) is 39.5. The Morgan fingerprint density at radius 1 is 1.00 bits per heavy atom. The van der Waals surface area contributed by atoms with Crippen molar-refractivity contribution in [1.82, 2.24) is 0 Å². The summed E-state index contributed by atoms with van der Waals surface area (Å²) in [5.74, 6) is 0. The van der Waals surface area contributed by atoms with Crippen molar-refractivity contribution < 1.29 is 57.9 Å². The molecule has 0 fully saturated rings. The molecular weight excluding hydrogens is 395 g/mol. The molecule has 0 unspecified atom stereocenters. The van der Waals surface area contributed by atoms with E-state index in [4.69, 9.17) is 0 Å². The molecule has 0 aliphatic carbocycles. The van der Waals surface area contributed by atoms with Crippen LogP contribution in [0.15, 0.2) is 0 Å². The Hall–Kier alpha value is 3.44. The largest absolute Gasteiger partial charge is 0 e. The van der Waals surface area contributed by atoms with Gasteiger partial charge in [0.05, 0.1) is 0 Å². The van der Waals surface area contributed by atoms with Crippen LogP contribution in [0.3, 0.4) is 0 Å². The van der Waals surface area contributed by atoms with Crippen LogP contribution in [0.5, 0.6) is 0 Å². The van der Waals surface area contributed by atoms with Crippen LogP contribution >= 0.6 is 0 Å². The van der Waals surface area contributed by atoms with E-state index in [2.05, 4.69) is 0 Å². The summed E-state index contributed by atoms with van der Waals surface area (Å²) in [6.07, 6.45) is 0. The van der Waals surface area contributed by atoms with E-state index >= 15 is 0 Å². The molecule has 0 saturated carbocycles. The van der Waals surface area contributed by atoms with Gasteiger partial charge in [-0.25, -0.2) is 0 Å². The summed E-state index contributed by atoms with van der Waals surface area (Å²) in [6.45, 7) is 0. The Kier molecular flexibility index (Phi) is 206. The Balaban J connectivity index is 0. The summed E-state index contributed by atoms with van der Waals surface area (Å²) in [5, 5.41) is 0. The van der Waals surface area contributed by atoms with Gasteiger partial charge in [-0.3, -0.25) is 0 Å². The minimum absolute atomic E-state index is 0. The van der Waals surface area contributed by atoms with Crippen molar-refractivity contribution in [2.75, 3.05) is 0 Å². The van der Waals surface area contributed by atoms with Crippen LogP contribution in [0.4, 0.5) is 0 Å². The molecular formula is BFeGaInNd. The first-order chi connectivity index (χ1) is 0. The van der Waals surface area contributed by atoms with Gasteiger partial charge in [0.2, 0.25) is 0 Å². The van der Waals surface area contributed by atoms with Crippen molar-refractivity contribution in [1.29, 1.82) is 0 Å². The van der Waals surface area contributed by atoms with Crippen LogP contribution in [-0.4, -0.2) is 54.0 Å². The van der Waals surface area contributed by atoms with E-state index in [1.807, 2.05) is 0 Å². The summed E-state index contributed by atoms with van der Waals surface area (Å²) in [6, 6.07) is 0. The molecule has 5 heteroatoms. The van der Waals surface area contributed by atoms with Crippen molar-refractivity contribution in [3.8, 4) is 0 Å². The van der Waals surface area contributed by atoms with Crippen LogP contribution in [-0.2, 0) is 17.1 Å². The second-order valence-corrected chi connectivity index (χ2v) is 0.